The standard InChI is InChI=1S/C51H77NO7/c1-6-8-10-12-14-16-18-20-22-24-26-28-30-32-34-36-38-40-42-50(54)59-47(45-57-44-43-48(51(55)56)52(3,4)5)46-58-49(53)41-39-37-35-33-31-29-27-25-23-21-19-17-15-13-11-9-7-2/h9-29,31,47-48H,6-8,30,32-46H2,1-5H3/p+1/b11-9+,12-10+,15-13+,16-14+,19-17+,20-18+,23-21+,24-22+,27-25+,28-26+,31-29+. The highest BCUT2D eigenvalue weighted by Gasteiger charge is 2.31. The number of carboxylic acid groups (broad SMARTS) is 1. The van der Waals surface area contributed by atoms with Crippen molar-refractivity contribution in [1.29, 1.82) is 0 Å². The predicted octanol–water partition coefficient (Wildman–Crippen LogP) is 12.0. The smallest absolute Gasteiger partial charge is 0.362 e. The lowest BCUT2D eigenvalue weighted by Crippen LogP contribution is -2.50. The van der Waals surface area contributed by atoms with Crippen LogP contribution >= 0.6 is 0 Å². The summed E-state index contributed by atoms with van der Waals surface area (Å²) in [5.74, 6) is -1.58. The van der Waals surface area contributed by atoms with Crippen LogP contribution in [0.5, 0.6) is 0 Å². The van der Waals surface area contributed by atoms with E-state index in [0.717, 1.165) is 70.6 Å². The number of hydrogen-bond acceptors (Lipinski definition) is 6. The summed E-state index contributed by atoms with van der Waals surface area (Å²) in [5, 5.41) is 9.62. The molecule has 0 radical (unpaired) electrons. The van der Waals surface area contributed by atoms with Gasteiger partial charge >= 0.3 is 17.9 Å². The van der Waals surface area contributed by atoms with E-state index in [9.17, 15) is 19.5 Å². The van der Waals surface area contributed by atoms with Gasteiger partial charge in [0.25, 0.3) is 0 Å². The van der Waals surface area contributed by atoms with E-state index < -0.39 is 18.1 Å². The van der Waals surface area contributed by atoms with Crippen molar-refractivity contribution >= 4 is 17.9 Å². The summed E-state index contributed by atoms with van der Waals surface area (Å²) in [5.41, 5.74) is 0. The fourth-order valence-electron chi connectivity index (χ4n) is 5.44. The summed E-state index contributed by atoms with van der Waals surface area (Å²) in [6.45, 7) is 4.39. The minimum absolute atomic E-state index is 0.0246. The highest BCUT2D eigenvalue weighted by Crippen LogP contribution is 2.12. The van der Waals surface area contributed by atoms with Crippen molar-refractivity contribution in [2.45, 2.75) is 129 Å². The Morgan fingerprint density at radius 1 is 0.525 bits per heavy atom. The first-order chi connectivity index (χ1) is 28.6. The van der Waals surface area contributed by atoms with Crippen molar-refractivity contribution in [3.8, 4) is 0 Å². The number of carboxylic acids is 1. The number of hydrogen-bond donors (Lipinski definition) is 1. The van der Waals surface area contributed by atoms with E-state index in [0.29, 0.717) is 12.8 Å². The molecule has 2 unspecified atom stereocenters. The molecule has 328 valence electrons. The molecule has 0 aromatic rings. The molecule has 8 nitrogen and oxygen atoms in total. The molecule has 0 saturated heterocycles. The highest BCUT2D eigenvalue weighted by molar-refractivity contribution is 5.72. The van der Waals surface area contributed by atoms with E-state index in [4.69, 9.17) is 14.2 Å². The van der Waals surface area contributed by atoms with Gasteiger partial charge in [0.2, 0.25) is 0 Å². The summed E-state index contributed by atoms with van der Waals surface area (Å²) in [6.07, 6.45) is 57.7. The minimum Gasteiger partial charge on any atom is -0.477 e. The molecule has 0 aliphatic rings. The second-order valence-electron chi connectivity index (χ2n) is 15.1. The molecule has 0 rings (SSSR count). The van der Waals surface area contributed by atoms with Crippen molar-refractivity contribution in [3.05, 3.63) is 134 Å². The minimum atomic E-state index is -0.894. The van der Waals surface area contributed by atoms with Gasteiger partial charge in [-0.2, -0.15) is 0 Å². The molecule has 0 saturated carbocycles. The number of allylic oxidation sites excluding steroid dienone is 22. The van der Waals surface area contributed by atoms with Crippen molar-refractivity contribution in [2.24, 2.45) is 0 Å². The maximum absolute atomic E-state index is 12.7. The zero-order valence-corrected chi connectivity index (χ0v) is 37.1. The first kappa shape index (κ1) is 54.5. The molecule has 8 heteroatoms. The maximum Gasteiger partial charge on any atom is 0.362 e. The van der Waals surface area contributed by atoms with Gasteiger partial charge in [-0.05, 0) is 51.4 Å². The summed E-state index contributed by atoms with van der Waals surface area (Å²) in [6, 6.07) is -0.637. The molecule has 0 aromatic carbocycles. The number of likely N-dealkylation sites (N-methyl/N-ethyl adjacent to an activating group) is 1. The van der Waals surface area contributed by atoms with Crippen LogP contribution in [0.2, 0.25) is 0 Å². The van der Waals surface area contributed by atoms with Gasteiger partial charge in [-0.25, -0.2) is 4.79 Å². The van der Waals surface area contributed by atoms with E-state index in [1.54, 1.807) is 0 Å². The lowest BCUT2D eigenvalue weighted by molar-refractivity contribution is -0.887. The van der Waals surface area contributed by atoms with E-state index in [2.05, 4.69) is 50.3 Å². The van der Waals surface area contributed by atoms with Crippen LogP contribution in [0.15, 0.2) is 134 Å². The first-order valence-corrected chi connectivity index (χ1v) is 21.9. The molecule has 2 atom stereocenters. The number of unbranched alkanes of at least 4 members (excludes halogenated alkanes) is 9. The van der Waals surface area contributed by atoms with Crippen molar-refractivity contribution in [1.82, 2.24) is 0 Å². The number of carbonyl (C=O) groups excluding carboxylic acids is 2. The quantitative estimate of drug-likeness (QED) is 0.0291. The Balaban J connectivity index is 4.55. The molecule has 59 heavy (non-hydrogen) atoms. The van der Waals surface area contributed by atoms with Crippen LogP contribution in [-0.2, 0) is 28.6 Å². The van der Waals surface area contributed by atoms with Gasteiger partial charge in [0.15, 0.2) is 12.1 Å². The van der Waals surface area contributed by atoms with Crippen LogP contribution < -0.4 is 0 Å². The average molecular weight is 817 g/mol. The molecule has 1 N–H and O–H groups in total. The van der Waals surface area contributed by atoms with E-state index in [1.165, 1.54) is 6.42 Å². The molecule has 0 aliphatic carbocycles. The first-order valence-electron chi connectivity index (χ1n) is 21.9. The third kappa shape index (κ3) is 38.7. The third-order valence-electron chi connectivity index (χ3n) is 8.80. The van der Waals surface area contributed by atoms with Gasteiger partial charge in [0.05, 0.1) is 34.4 Å². The lowest BCUT2D eigenvalue weighted by Gasteiger charge is -2.31. The van der Waals surface area contributed by atoms with Gasteiger partial charge < -0.3 is 23.8 Å². The molecule has 0 fully saturated rings. The number of carbonyl (C=O) groups is 3. The van der Waals surface area contributed by atoms with Crippen LogP contribution in [0.25, 0.3) is 0 Å². The van der Waals surface area contributed by atoms with Crippen LogP contribution in [-0.4, -0.2) is 80.6 Å². The van der Waals surface area contributed by atoms with Crippen molar-refractivity contribution < 1.29 is 38.2 Å². The normalized spacial score (nSPS) is 14.3. The van der Waals surface area contributed by atoms with Gasteiger partial charge in [-0.3, -0.25) is 9.59 Å². The Morgan fingerprint density at radius 2 is 0.949 bits per heavy atom. The number of nitrogens with zero attached hydrogens (tertiary/aromatic N) is 1. The van der Waals surface area contributed by atoms with Crippen LogP contribution in [0, 0.1) is 0 Å². The van der Waals surface area contributed by atoms with Crippen LogP contribution in [0.1, 0.15) is 117 Å². The number of ether oxygens (including phenoxy) is 3. The molecule has 0 heterocycles. The predicted molar refractivity (Wildman–Crippen MR) is 247 cm³/mol. The monoisotopic (exact) mass is 817 g/mol. The Labute approximate surface area is 358 Å². The fraction of sp³-hybridized carbons (Fsp3) is 0.510. The molecule has 0 bridgehead atoms. The second kappa shape index (κ2) is 40.3. The summed E-state index contributed by atoms with van der Waals surface area (Å²) < 4.78 is 17.2. The van der Waals surface area contributed by atoms with E-state index >= 15 is 0 Å². The Kier molecular flexibility index (Phi) is 37.2. The molecule has 0 aromatic heterocycles. The fourth-order valence-corrected chi connectivity index (χ4v) is 5.44. The lowest BCUT2D eigenvalue weighted by atomic mass is 10.1. The number of esters is 2. The Hall–Kier alpha value is -4.53. The summed E-state index contributed by atoms with van der Waals surface area (Å²) >= 11 is 0. The Morgan fingerprint density at radius 3 is 1.42 bits per heavy atom. The number of aliphatic carboxylic acids is 1. The summed E-state index contributed by atoms with van der Waals surface area (Å²) in [7, 11) is 5.48. The molecular weight excluding hydrogens is 739 g/mol. The SMILES string of the molecule is CC/C=C/C=C/C=C/C=C/C=C/C=C/CCCCCC(=O)OCC(COCCC(C(=O)O)[N+](C)(C)C)OC(=O)CCCCCCC/C=C/C=C/C=C/C=C/C=C/CCC. The topological polar surface area (TPSA) is 99.1 Å². The van der Waals surface area contributed by atoms with Crippen molar-refractivity contribution in [2.75, 3.05) is 41.0 Å². The van der Waals surface area contributed by atoms with Gasteiger partial charge in [0.1, 0.15) is 6.61 Å². The molecule has 0 aliphatic heterocycles. The zero-order valence-electron chi connectivity index (χ0n) is 37.1. The van der Waals surface area contributed by atoms with Crippen LogP contribution in [0.3, 0.4) is 0 Å². The van der Waals surface area contributed by atoms with Gasteiger partial charge in [0, 0.05) is 19.3 Å². The maximum atomic E-state index is 12.7. The average Bonchev–Trinajstić information content (AvgIpc) is 3.19. The number of rotatable bonds is 36. The van der Waals surface area contributed by atoms with Gasteiger partial charge in [-0.15, -0.1) is 0 Å². The van der Waals surface area contributed by atoms with Crippen LogP contribution in [0.4, 0.5) is 0 Å². The van der Waals surface area contributed by atoms with Crippen molar-refractivity contribution in [3.63, 3.8) is 0 Å². The third-order valence-corrected chi connectivity index (χ3v) is 8.80. The zero-order chi connectivity index (χ0) is 43.5. The second-order valence-corrected chi connectivity index (χ2v) is 15.1. The van der Waals surface area contributed by atoms with E-state index in [1.807, 2.05) is 118 Å². The summed E-state index contributed by atoms with van der Waals surface area (Å²) in [4.78, 5) is 37.0. The number of quaternary nitrogens is 1. The molecule has 0 spiro atoms. The molecular formula is C51H78NO7+. The Bertz CT molecular complexity index is 1420. The van der Waals surface area contributed by atoms with E-state index in [-0.39, 0.29) is 49.1 Å². The molecule has 0 amide bonds. The van der Waals surface area contributed by atoms with Gasteiger partial charge in [-0.1, -0.05) is 180 Å². The largest absolute Gasteiger partial charge is 0.477 e. The highest BCUT2D eigenvalue weighted by atomic mass is 16.6.